The third-order valence-corrected chi connectivity index (χ3v) is 3.95. The van der Waals surface area contributed by atoms with E-state index in [2.05, 4.69) is 16.0 Å². The van der Waals surface area contributed by atoms with Crippen LogP contribution in [0.15, 0.2) is 42.5 Å². The number of fused-ring (bicyclic) bond motifs is 1. The van der Waals surface area contributed by atoms with E-state index in [1.807, 2.05) is 0 Å². The third-order valence-electron chi connectivity index (χ3n) is 3.95. The van der Waals surface area contributed by atoms with Crippen molar-refractivity contribution in [2.45, 2.75) is 12.6 Å². The molecule has 10 heteroatoms. The highest BCUT2D eigenvalue weighted by Crippen LogP contribution is 2.35. The minimum Gasteiger partial charge on any atom is -0.479 e. The number of nitro benzene ring substituents is 1. The molecular weight excluding hydrogens is 356 g/mol. The number of carbonyl (C=O) groups excluding carboxylic acids is 2. The number of carboxylic acids is 1. The first-order valence-electron chi connectivity index (χ1n) is 7.81. The summed E-state index contributed by atoms with van der Waals surface area (Å²) in [5.74, 6) is -2.63. The number of nitrogens with one attached hydrogen (secondary N) is 3. The minimum absolute atomic E-state index is 0.0793. The lowest BCUT2D eigenvalue weighted by Gasteiger charge is -2.26. The predicted octanol–water partition coefficient (Wildman–Crippen LogP) is 1.34. The largest absolute Gasteiger partial charge is 0.479 e. The Balaban J connectivity index is 1.92. The van der Waals surface area contributed by atoms with Gasteiger partial charge in [0.25, 0.3) is 17.5 Å². The molecule has 0 aliphatic carbocycles. The summed E-state index contributed by atoms with van der Waals surface area (Å²) in [5.41, 5.74) is 0.668. The zero-order chi connectivity index (χ0) is 19.6. The second kappa shape index (κ2) is 7.12. The number of hydrogen-bond donors (Lipinski definition) is 4. The summed E-state index contributed by atoms with van der Waals surface area (Å²) in [6.45, 7) is -0.104. The van der Waals surface area contributed by atoms with Crippen LogP contribution in [0.1, 0.15) is 15.9 Å². The van der Waals surface area contributed by atoms with Crippen molar-refractivity contribution in [1.29, 1.82) is 0 Å². The smallest absolute Gasteiger partial charge is 0.336 e. The van der Waals surface area contributed by atoms with Gasteiger partial charge in [0.15, 0.2) is 0 Å². The first-order chi connectivity index (χ1) is 12.9. The van der Waals surface area contributed by atoms with Crippen molar-refractivity contribution in [1.82, 2.24) is 5.32 Å². The number of non-ortho nitro benzene ring substituents is 1. The summed E-state index contributed by atoms with van der Waals surface area (Å²) in [6, 6.07) is 9.16. The number of hydrogen-bond acceptors (Lipinski definition) is 6. The lowest BCUT2D eigenvalue weighted by Crippen LogP contribution is -2.45. The summed E-state index contributed by atoms with van der Waals surface area (Å²) in [5, 5.41) is 27.8. The molecule has 4 N–H and O–H groups in total. The van der Waals surface area contributed by atoms with Gasteiger partial charge in [-0.2, -0.15) is 0 Å². The van der Waals surface area contributed by atoms with Gasteiger partial charge in [0.1, 0.15) is 0 Å². The molecule has 0 aromatic heterocycles. The summed E-state index contributed by atoms with van der Waals surface area (Å²) < 4.78 is 0. The fraction of sp³-hybridized carbons (Fsp3) is 0.118. The lowest BCUT2D eigenvalue weighted by molar-refractivity contribution is -0.384. The van der Waals surface area contributed by atoms with Crippen LogP contribution in [0.3, 0.4) is 0 Å². The highest BCUT2D eigenvalue weighted by molar-refractivity contribution is 6.14. The molecule has 0 saturated carbocycles. The number of carboxylic acid groups (broad SMARTS) is 1. The van der Waals surface area contributed by atoms with E-state index in [0.29, 0.717) is 5.56 Å². The highest BCUT2D eigenvalue weighted by atomic mass is 16.6. The maximum absolute atomic E-state index is 12.2. The van der Waals surface area contributed by atoms with E-state index in [1.54, 1.807) is 30.3 Å². The number of carbonyl (C=O) groups is 3. The third kappa shape index (κ3) is 3.68. The Hall–Kier alpha value is -3.95. The van der Waals surface area contributed by atoms with Crippen LogP contribution < -0.4 is 16.0 Å². The van der Waals surface area contributed by atoms with Gasteiger partial charge in [-0.1, -0.05) is 18.2 Å². The van der Waals surface area contributed by atoms with Gasteiger partial charge in [-0.3, -0.25) is 19.7 Å². The van der Waals surface area contributed by atoms with Crippen LogP contribution in [0.25, 0.3) is 0 Å². The van der Waals surface area contributed by atoms with Crippen LogP contribution >= 0.6 is 0 Å². The average molecular weight is 370 g/mol. The van der Waals surface area contributed by atoms with E-state index < -0.39 is 28.7 Å². The zero-order valence-electron chi connectivity index (χ0n) is 13.8. The van der Waals surface area contributed by atoms with E-state index in [9.17, 15) is 24.5 Å². The Morgan fingerprint density at radius 1 is 1.22 bits per heavy atom. The maximum Gasteiger partial charge on any atom is 0.336 e. The molecule has 1 heterocycles. The molecule has 0 fully saturated rings. The van der Waals surface area contributed by atoms with Gasteiger partial charge < -0.3 is 21.1 Å². The summed E-state index contributed by atoms with van der Waals surface area (Å²) >= 11 is 0. The van der Waals surface area contributed by atoms with Crippen molar-refractivity contribution in [3.8, 4) is 0 Å². The number of anilines is 2. The van der Waals surface area contributed by atoms with E-state index in [4.69, 9.17) is 5.11 Å². The molecule has 0 bridgehead atoms. The van der Waals surface area contributed by atoms with Crippen molar-refractivity contribution in [3.05, 3.63) is 63.7 Å². The van der Waals surface area contributed by atoms with Crippen LogP contribution in [-0.2, 0) is 16.1 Å². The van der Waals surface area contributed by atoms with Crippen LogP contribution in [0.5, 0.6) is 0 Å². The normalized spacial score (nSPS) is 15.1. The molecule has 3 rings (SSSR count). The minimum atomic E-state index is -1.54. The molecule has 1 aliphatic rings. The quantitative estimate of drug-likeness (QED) is 0.352. The molecule has 0 spiro atoms. The molecule has 1 aliphatic heterocycles. The molecule has 27 heavy (non-hydrogen) atoms. The molecule has 2 aromatic rings. The Kier molecular flexibility index (Phi) is 4.71. The maximum atomic E-state index is 12.2. The number of rotatable bonds is 5. The van der Waals surface area contributed by atoms with Gasteiger partial charge >= 0.3 is 5.97 Å². The molecule has 2 aromatic carbocycles. The average Bonchev–Trinajstić information content (AvgIpc) is 2.65. The summed E-state index contributed by atoms with van der Waals surface area (Å²) in [7, 11) is 0. The zero-order valence-corrected chi connectivity index (χ0v) is 13.8. The van der Waals surface area contributed by atoms with Crippen LogP contribution in [0.4, 0.5) is 17.1 Å². The Labute approximate surface area is 152 Å². The topological polar surface area (TPSA) is 151 Å². The number of amides is 2. The summed E-state index contributed by atoms with van der Waals surface area (Å²) in [6.07, 6.45) is 0. The van der Waals surface area contributed by atoms with Crippen molar-refractivity contribution in [2.24, 2.45) is 0 Å². The molecule has 1 unspecified atom stereocenters. The number of nitro groups is 1. The SMILES string of the molecule is O=C(NCc1cc([N+](=O)[O-])cc2c1NC(C(=O)O)C(=O)N2)c1ccccc1. The molecular formula is C17H14N4O6. The van der Waals surface area contributed by atoms with Crippen LogP contribution in [0.2, 0.25) is 0 Å². The second-order valence-corrected chi connectivity index (χ2v) is 5.74. The van der Waals surface area contributed by atoms with E-state index >= 15 is 0 Å². The molecule has 0 saturated heterocycles. The number of nitrogens with zero attached hydrogens (tertiary/aromatic N) is 1. The molecule has 0 radical (unpaired) electrons. The Morgan fingerprint density at radius 2 is 1.93 bits per heavy atom. The number of benzene rings is 2. The number of aliphatic carboxylic acids is 1. The Morgan fingerprint density at radius 3 is 2.56 bits per heavy atom. The molecule has 10 nitrogen and oxygen atoms in total. The predicted molar refractivity (Wildman–Crippen MR) is 94.4 cm³/mol. The fourth-order valence-corrected chi connectivity index (χ4v) is 2.65. The van der Waals surface area contributed by atoms with Crippen LogP contribution in [0, 0.1) is 10.1 Å². The van der Waals surface area contributed by atoms with E-state index in [1.165, 1.54) is 6.07 Å². The molecule has 138 valence electrons. The molecule has 2 amide bonds. The van der Waals surface area contributed by atoms with Gasteiger partial charge in [0.2, 0.25) is 6.04 Å². The van der Waals surface area contributed by atoms with Gasteiger partial charge in [-0.05, 0) is 12.1 Å². The van der Waals surface area contributed by atoms with E-state index in [-0.39, 0.29) is 29.2 Å². The van der Waals surface area contributed by atoms with E-state index in [0.717, 1.165) is 6.07 Å². The standard InChI is InChI=1S/C17H14N4O6/c22-15(9-4-2-1-3-5-9)18-8-10-6-11(21(26)27)7-12-13(10)20-14(17(24)25)16(23)19-12/h1-7,14,20H,8H2,(H,18,22)(H,19,23)(H,24,25). The molecule has 1 atom stereocenters. The second-order valence-electron chi connectivity index (χ2n) is 5.74. The van der Waals surface area contributed by atoms with Crippen LogP contribution in [-0.4, -0.2) is 33.9 Å². The highest BCUT2D eigenvalue weighted by Gasteiger charge is 2.33. The van der Waals surface area contributed by atoms with Gasteiger partial charge in [-0.15, -0.1) is 0 Å². The first kappa shape index (κ1) is 17.9. The van der Waals surface area contributed by atoms with Crippen molar-refractivity contribution < 1.29 is 24.4 Å². The first-order valence-corrected chi connectivity index (χ1v) is 7.81. The van der Waals surface area contributed by atoms with Gasteiger partial charge in [-0.25, -0.2) is 4.79 Å². The van der Waals surface area contributed by atoms with Crippen molar-refractivity contribution in [2.75, 3.05) is 10.6 Å². The van der Waals surface area contributed by atoms with Crippen molar-refractivity contribution in [3.63, 3.8) is 0 Å². The van der Waals surface area contributed by atoms with Gasteiger partial charge in [0.05, 0.1) is 16.3 Å². The van der Waals surface area contributed by atoms with Crippen molar-refractivity contribution >= 4 is 34.8 Å². The lowest BCUT2D eigenvalue weighted by atomic mass is 10.0. The Bertz CT molecular complexity index is 944. The summed E-state index contributed by atoms with van der Waals surface area (Å²) in [4.78, 5) is 45.8. The van der Waals surface area contributed by atoms with Gasteiger partial charge in [0, 0.05) is 29.8 Å². The monoisotopic (exact) mass is 370 g/mol. The fourth-order valence-electron chi connectivity index (χ4n) is 2.65.